The summed E-state index contributed by atoms with van der Waals surface area (Å²) >= 11 is 0. The summed E-state index contributed by atoms with van der Waals surface area (Å²) in [6.07, 6.45) is 8.14. The van der Waals surface area contributed by atoms with Gasteiger partial charge in [-0.05, 0) is 45.7 Å². The lowest BCUT2D eigenvalue weighted by molar-refractivity contribution is -0.129. The SMILES string of the molecule is CCCCC(CC)CC(=O)C(C)(C)N1CCCC1. The zero-order valence-corrected chi connectivity index (χ0v) is 12.8. The summed E-state index contributed by atoms with van der Waals surface area (Å²) in [4.78, 5) is 14.9. The third-order valence-electron chi connectivity index (χ3n) is 4.60. The van der Waals surface area contributed by atoms with Gasteiger partial charge in [-0.3, -0.25) is 9.69 Å². The minimum Gasteiger partial charge on any atom is -0.298 e. The standard InChI is InChI=1S/C16H31NO/c1-5-7-10-14(6-2)13-15(18)16(3,4)17-11-8-9-12-17/h14H,5-13H2,1-4H3. The average molecular weight is 253 g/mol. The van der Waals surface area contributed by atoms with E-state index in [4.69, 9.17) is 0 Å². The van der Waals surface area contributed by atoms with Gasteiger partial charge < -0.3 is 0 Å². The first kappa shape index (κ1) is 15.7. The van der Waals surface area contributed by atoms with Crippen molar-refractivity contribution in [3.05, 3.63) is 0 Å². The van der Waals surface area contributed by atoms with Crippen LogP contribution in [0.15, 0.2) is 0 Å². The van der Waals surface area contributed by atoms with Gasteiger partial charge in [0.25, 0.3) is 0 Å². The van der Waals surface area contributed by atoms with Gasteiger partial charge in [0, 0.05) is 6.42 Å². The second-order valence-electron chi connectivity index (χ2n) is 6.30. The number of carbonyl (C=O) groups is 1. The molecule has 1 rings (SSSR count). The Bertz CT molecular complexity index is 254. The highest BCUT2D eigenvalue weighted by atomic mass is 16.1. The molecule has 1 aliphatic heterocycles. The van der Waals surface area contributed by atoms with Crippen LogP contribution in [-0.2, 0) is 4.79 Å². The van der Waals surface area contributed by atoms with Crippen LogP contribution in [0.2, 0.25) is 0 Å². The van der Waals surface area contributed by atoms with Crippen molar-refractivity contribution in [3.63, 3.8) is 0 Å². The molecule has 1 atom stereocenters. The summed E-state index contributed by atoms with van der Waals surface area (Å²) in [7, 11) is 0. The molecule has 2 heteroatoms. The zero-order valence-electron chi connectivity index (χ0n) is 12.8. The highest BCUT2D eigenvalue weighted by Gasteiger charge is 2.36. The highest BCUT2D eigenvalue weighted by molar-refractivity contribution is 5.87. The summed E-state index contributed by atoms with van der Waals surface area (Å²) < 4.78 is 0. The number of nitrogens with zero attached hydrogens (tertiary/aromatic N) is 1. The molecule has 1 fully saturated rings. The Morgan fingerprint density at radius 2 is 1.83 bits per heavy atom. The zero-order chi connectivity index (χ0) is 13.6. The number of Topliss-reactive ketones (excluding diaryl/α,β-unsaturated/α-hetero) is 1. The topological polar surface area (TPSA) is 20.3 Å². The van der Waals surface area contributed by atoms with Gasteiger partial charge in [-0.25, -0.2) is 0 Å². The Labute approximate surface area is 113 Å². The normalized spacial score (nSPS) is 19.1. The lowest BCUT2D eigenvalue weighted by Crippen LogP contribution is -2.49. The van der Waals surface area contributed by atoms with E-state index in [0.717, 1.165) is 25.9 Å². The van der Waals surface area contributed by atoms with Crippen LogP contribution < -0.4 is 0 Å². The van der Waals surface area contributed by atoms with Gasteiger partial charge in [0.05, 0.1) is 5.54 Å². The smallest absolute Gasteiger partial charge is 0.152 e. The van der Waals surface area contributed by atoms with E-state index in [1.165, 1.54) is 32.1 Å². The first-order chi connectivity index (χ1) is 8.52. The third-order valence-corrected chi connectivity index (χ3v) is 4.60. The molecular weight excluding hydrogens is 222 g/mol. The molecule has 0 N–H and O–H groups in total. The van der Waals surface area contributed by atoms with Crippen molar-refractivity contribution >= 4 is 5.78 Å². The van der Waals surface area contributed by atoms with Crippen LogP contribution in [0.25, 0.3) is 0 Å². The molecule has 0 bridgehead atoms. The number of rotatable bonds is 8. The highest BCUT2D eigenvalue weighted by Crippen LogP contribution is 2.26. The maximum absolute atomic E-state index is 12.5. The van der Waals surface area contributed by atoms with Crippen molar-refractivity contribution in [2.24, 2.45) is 5.92 Å². The fraction of sp³-hybridized carbons (Fsp3) is 0.938. The van der Waals surface area contributed by atoms with Crippen molar-refractivity contribution in [1.29, 1.82) is 0 Å². The van der Waals surface area contributed by atoms with E-state index in [1.807, 2.05) is 0 Å². The van der Waals surface area contributed by atoms with Crippen molar-refractivity contribution < 1.29 is 4.79 Å². The van der Waals surface area contributed by atoms with Gasteiger partial charge in [0.2, 0.25) is 0 Å². The molecule has 106 valence electrons. The molecule has 0 amide bonds. The van der Waals surface area contributed by atoms with Gasteiger partial charge >= 0.3 is 0 Å². The van der Waals surface area contributed by atoms with Crippen molar-refractivity contribution in [2.75, 3.05) is 13.1 Å². The molecule has 18 heavy (non-hydrogen) atoms. The van der Waals surface area contributed by atoms with E-state index >= 15 is 0 Å². The lowest BCUT2D eigenvalue weighted by atomic mass is 9.86. The molecule has 0 aromatic heterocycles. The molecule has 0 radical (unpaired) electrons. The van der Waals surface area contributed by atoms with E-state index < -0.39 is 0 Å². The first-order valence-electron chi connectivity index (χ1n) is 7.80. The van der Waals surface area contributed by atoms with Crippen LogP contribution in [0.3, 0.4) is 0 Å². The molecule has 1 saturated heterocycles. The Hall–Kier alpha value is -0.370. The van der Waals surface area contributed by atoms with Crippen LogP contribution >= 0.6 is 0 Å². The van der Waals surface area contributed by atoms with Crippen molar-refractivity contribution in [3.8, 4) is 0 Å². The van der Waals surface area contributed by atoms with Crippen LogP contribution in [0.4, 0.5) is 0 Å². The molecule has 0 aromatic rings. The molecule has 1 heterocycles. The fourth-order valence-electron chi connectivity index (χ4n) is 2.91. The van der Waals surface area contributed by atoms with Gasteiger partial charge in [0.15, 0.2) is 5.78 Å². The van der Waals surface area contributed by atoms with Crippen LogP contribution in [-0.4, -0.2) is 29.3 Å². The Morgan fingerprint density at radius 1 is 1.22 bits per heavy atom. The average Bonchev–Trinajstić information content (AvgIpc) is 2.88. The lowest BCUT2D eigenvalue weighted by Gasteiger charge is -2.35. The number of ketones is 1. The third kappa shape index (κ3) is 4.08. The molecule has 0 spiro atoms. The molecular formula is C16H31NO. The maximum atomic E-state index is 12.5. The summed E-state index contributed by atoms with van der Waals surface area (Å²) in [5.41, 5.74) is -0.240. The fourth-order valence-corrected chi connectivity index (χ4v) is 2.91. The van der Waals surface area contributed by atoms with Gasteiger partial charge in [-0.2, -0.15) is 0 Å². The number of likely N-dealkylation sites (tertiary alicyclic amines) is 1. The van der Waals surface area contributed by atoms with E-state index in [-0.39, 0.29) is 5.54 Å². The molecule has 1 aliphatic rings. The Kier molecular flexibility index (Phi) is 6.34. The summed E-state index contributed by atoms with van der Waals surface area (Å²) in [5.74, 6) is 1.05. The second-order valence-corrected chi connectivity index (χ2v) is 6.30. The van der Waals surface area contributed by atoms with Crippen molar-refractivity contribution in [1.82, 2.24) is 4.90 Å². The molecule has 0 aromatic carbocycles. The van der Waals surface area contributed by atoms with Crippen LogP contribution in [0, 0.1) is 5.92 Å². The predicted molar refractivity (Wildman–Crippen MR) is 77.8 cm³/mol. The molecule has 2 nitrogen and oxygen atoms in total. The predicted octanol–water partition coefficient (Wildman–Crippen LogP) is 4.04. The van der Waals surface area contributed by atoms with E-state index in [9.17, 15) is 4.79 Å². The summed E-state index contributed by atoms with van der Waals surface area (Å²) in [6, 6.07) is 0. The Morgan fingerprint density at radius 3 is 2.33 bits per heavy atom. The monoisotopic (exact) mass is 253 g/mol. The number of carbonyl (C=O) groups excluding carboxylic acids is 1. The van der Waals surface area contributed by atoms with E-state index in [2.05, 4.69) is 32.6 Å². The number of hydrogen-bond acceptors (Lipinski definition) is 2. The van der Waals surface area contributed by atoms with E-state index in [1.54, 1.807) is 0 Å². The van der Waals surface area contributed by atoms with Crippen LogP contribution in [0.1, 0.15) is 72.6 Å². The molecule has 0 aliphatic carbocycles. The summed E-state index contributed by atoms with van der Waals surface area (Å²) in [6.45, 7) is 10.9. The van der Waals surface area contributed by atoms with Gasteiger partial charge in [0.1, 0.15) is 0 Å². The Balaban J connectivity index is 2.50. The maximum Gasteiger partial charge on any atom is 0.152 e. The summed E-state index contributed by atoms with van der Waals surface area (Å²) in [5, 5.41) is 0. The van der Waals surface area contributed by atoms with Crippen LogP contribution in [0.5, 0.6) is 0 Å². The minimum absolute atomic E-state index is 0.240. The first-order valence-corrected chi connectivity index (χ1v) is 7.80. The molecule has 0 saturated carbocycles. The number of hydrogen-bond donors (Lipinski definition) is 0. The molecule has 1 unspecified atom stereocenters. The largest absolute Gasteiger partial charge is 0.298 e. The number of unbranched alkanes of at least 4 members (excludes halogenated alkanes) is 1. The van der Waals surface area contributed by atoms with Crippen molar-refractivity contribution in [2.45, 2.75) is 78.2 Å². The van der Waals surface area contributed by atoms with E-state index in [0.29, 0.717) is 11.7 Å². The van der Waals surface area contributed by atoms with Gasteiger partial charge in [-0.15, -0.1) is 0 Å². The second kappa shape index (κ2) is 7.28. The minimum atomic E-state index is -0.240. The van der Waals surface area contributed by atoms with Gasteiger partial charge in [-0.1, -0.05) is 39.5 Å². The quantitative estimate of drug-likeness (QED) is 0.651.